The fourth-order valence-corrected chi connectivity index (χ4v) is 3.79. The second-order valence-corrected chi connectivity index (χ2v) is 7.34. The minimum atomic E-state index is -0.140. The van der Waals surface area contributed by atoms with Gasteiger partial charge in [-0.3, -0.25) is 9.59 Å². The summed E-state index contributed by atoms with van der Waals surface area (Å²) < 4.78 is 5.16. The number of anilines is 1. The second-order valence-electron chi connectivity index (χ2n) is 7.34. The molecule has 0 unspecified atom stereocenters. The Morgan fingerprint density at radius 3 is 2.21 bits per heavy atom. The number of rotatable bonds is 4. The van der Waals surface area contributed by atoms with Crippen molar-refractivity contribution in [2.75, 3.05) is 31.5 Å². The summed E-state index contributed by atoms with van der Waals surface area (Å²) in [6.45, 7) is 1.92. The first kappa shape index (κ1) is 18.5. The highest BCUT2D eigenvalue weighted by Crippen LogP contribution is 2.20. The first-order chi connectivity index (χ1) is 13.7. The van der Waals surface area contributed by atoms with E-state index < -0.39 is 0 Å². The van der Waals surface area contributed by atoms with E-state index in [0.717, 1.165) is 12.8 Å². The maximum absolute atomic E-state index is 12.7. The van der Waals surface area contributed by atoms with Gasteiger partial charge in [0.25, 0.3) is 11.8 Å². The molecular weight excluding hydrogens is 358 g/mol. The molecule has 2 aliphatic rings. The van der Waals surface area contributed by atoms with Crippen LogP contribution in [0, 0.1) is 0 Å². The zero-order valence-electron chi connectivity index (χ0n) is 15.8. The average molecular weight is 383 g/mol. The van der Waals surface area contributed by atoms with E-state index in [9.17, 15) is 9.59 Å². The van der Waals surface area contributed by atoms with Crippen LogP contribution in [0.25, 0.3) is 0 Å². The van der Waals surface area contributed by atoms with E-state index in [1.54, 1.807) is 34.3 Å². The van der Waals surface area contributed by atoms with Crippen molar-refractivity contribution in [1.29, 1.82) is 0 Å². The summed E-state index contributed by atoms with van der Waals surface area (Å²) in [5.74, 6) is 0.666. The number of furan rings is 1. The Kier molecular flexibility index (Phi) is 5.55. The lowest BCUT2D eigenvalue weighted by Gasteiger charge is -2.34. The van der Waals surface area contributed by atoms with Crippen molar-refractivity contribution in [1.82, 2.24) is 19.8 Å². The molecule has 1 saturated carbocycles. The summed E-state index contributed by atoms with van der Waals surface area (Å²) in [4.78, 5) is 37.1. The number of nitrogens with one attached hydrogen (secondary N) is 1. The Hall–Kier alpha value is -2.90. The molecule has 1 aliphatic carbocycles. The zero-order valence-corrected chi connectivity index (χ0v) is 15.8. The highest BCUT2D eigenvalue weighted by Gasteiger charge is 2.27. The predicted molar refractivity (Wildman–Crippen MR) is 103 cm³/mol. The minimum Gasteiger partial charge on any atom is -0.459 e. The number of aromatic nitrogens is 2. The highest BCUT2D eigenvalue weighted by molar-refractivity contribution is 5.94. The van der Waals surface area contributed by atoms with E-state index in [1.165, 1.54) is 25.5 Å². The lowest BCUT2D eigenvalue weighted by molar-refractivity contribution is 0.0517. The molecule has 2 aromatic heterocycles. The summed E-state index contributed by atoms with van der Waals surface area (Å²) in [5, 5.41) is 3.36. The Balaban J connectivity index is 1.30. The molecular formula is C20H25N5O3. The number of nitrogens with zero attached hydrogens (tertiary/aromatic N) is 4. The van der Waals surface area contributed by atoms with Gasteiger partial charge in [0.1, 0.15) is 0 Å². The number of carbonyl (C=O) groups is 2. The molecule has 8 heteroatoms. The zero-order chi connectivity index (χ0) is 19.3. The summed E-state index contributed by atoms with van der Waals surface area (Å²) in [6, 6.07) is 3.77. The minimum absolute atomic E-state index is 0.102. The summed E-state index contributed by atoms with van der Waals surface area (Å²) >= 11 is 0. The van der Waals surface area contributed by atoms with Crippen molar-refractivity contribution in [3.05, 3.63) is 42.1 Å². The fourth-order valence-electron chi connectivity index (χ4n) is 3.79. The van der Waals surface area contributed by atoms with Crippen LogP contribution in [0.1, 0.15) is 53.0 Å². The van der Waals surface area contributed by atoms with Gasteiger partial charge in [-0.2, -0.15) is 0 Å². The number of hydrogen-bond donors (Lipinski definition) is 1. The molecule has 0 radical (unpaired) electrons. The normalized spacial score (nSPS) is 18.1. The number of amides is 2. The van der Waals surface area contributed by atoms with Gasteiger partial charge in [-0.15, -0.1) is 0 Å². The fraction of sp³-hybridized carbons (Fsp3) is 0.500. The van der Waals surface area contributed by atoms with Crippen molar-refractivity contribution >= 4 is 17.8 Å². The highest BCUT2D eigenvalue weighted by atomic mass is 16.3. The predicted octanol–water partition coefficient (Wildman–Crippen LogP) is 2.41. The lowest BCUT2D eigenvalue weighted by Crippen LogP contribution is -2.50. The third kappa shape index (κ3) is 4.16. The van der Waals surface area contributed by atoms with E-state index in [0.29, 0.717) is 49.5 Å². The van der Waals surface area contributed by atoms with Crippen LogP contribution in [0.5, 0.6) is 0 Å². The molecule has 28 heavy (non-hydrogen) atoms. The Bertz CT molecular complexity index is 792. The third-order valence-corrected chi connectivity index (χ3v) is 5.42. The van der Waals surface area contributed by atoms with Gasteiger partial charge in [-0.1, -0.05) is 19.3 Å². The van der Waals surface area contributed by atoms with Crippen molar-refractivity contribution in [2.45, 2.75) is 38.1 Å². The smallest absolute Gasteiger partial charge is 0.289 e. The van der Waals surface area contributed by atoms with E-state index >= 15 is 0 Å². The van der Waals surface area contributed by atoms with E-state index in [4.69, 9.17) is 4.42 Å². The van der Waals surface area contributed by atoms with Crippen LogP contribution in [0.2, 0.25) is 0 Å². The lowest BCUT2D eigenvalue weighted by atomic mass is 9.96. The van der Waals surface area contributed by atoms with Crippen LogP contribution in [-0.4, -0.2) is 63.8 Å². The Labute approximate surface area is 163 Å². The van der Waals surface area contributed by atoms with Gasteiger partial charge in [0, 0.05) is 44.6 Å². The molecule has 2 amide bonds. The van der Waals surface area contributed by atoms with Gasteiger partial charge < -0.3 is 19.5 Å². The SMILES string of the molecule is O=C(c1cnc(NC2CCCCC2)nc1)N1CCN(C(=O)c2ccco2)CC1. The third-order valence-electron chi connectivity index (χ3n) is 5.42. The van der Waals surface area contributed by atoms with Gasteiger partial charge in [-0.25, -0.2) is 9.97 Å². The first-order valence-corrected chi connectivity index (χ1v) is 9.91. The van der Waals surface area contributed by atoms with Gasteiger partial charge >= 0.3 is 0 Å². The second kappa shape index (κ2) is 8.41. The number of piperazine rings is 1. The quantitative estimate of drug-likeness (QED) is 0.872. The van der Waals surface area contributed by atoms with Crippen molar-refractivity contribution in [3.63, 3.8) is 0 Å². The molecule has 0 spiro atoms. The van der Waals surface area contributed by atoms with E-state index in [1.807, 2.05) is 0 Å². The molecule has 3 heterocycles. The molecule has 1 N–H and O–H groups in total. The van der Waals surface area contributed by atoms with Crippen LogP contribution < -0.4 is 5.32 Å². The van der Waals surface area contributed by atoms with E-state index in [2.05, 4.69) is 15.3 Å². The molecule has 0 atom stereocenters. The van der Waals surface area contributed by atoms with Crippen LogP contribution >= 0.6 is 0 Å². The Morgan fingerprint density at radius 2 is 1.61 bits per heavy atom. The number of hydrogen-bond acceptors (Lipinski definition) is 6. The van der Waals surface area contributed by atoms with Crippen LogP contribution in [0.15, 0.2) is 35.2 Å². The topological polar surface area (TPSA) is 91.6 Å². The standard InChI is InChI=1S/C20H25N5O3/c26-18(15-13-21-20(22-14-15)23-16-5-2-1-3-6-16)24-8-10-25(11-9-24)19(27)17-7-4-12-28-17/h4,7,12-14,16H,1-3,5-6,8-11H2,(H,21,22,23). The number of carbonyl (C=O) groups excluding carboxylic acids is 2. The molecule has 8 nitrogen and oxygen atoms in total. The van der Waals surface area contributed by atoms with Gasteiger partial charge in [0.05, 0.1) is 11.8 Å². The van der Waals surface area contributed by atoms with Crippen LogP contribution in [-0.2, 0) is 0 Å². The summed E-state index contributed by atoms with van der Waals surface area (Å²) in [5.41, 5.74) is 0.472. The van der Waals surface area contributed by atoms with Crippen molar-refractivity contribution in [3.8, 4) is 0 Å². The molecule has 0 bridgehead atoms. The molecule has 1 saturated heterocycles. The monoisotopic (exact) mass is 383 g/mol. The molecule has 0 aromatic carbocycles. The van der Waals surface area contributed by atoms with Gasteiger partial charge in [-0.05, 0) is 25.0 Å². The largest absolute Gasteiger partial charge is 0.459 e. The first-order valence-electron chi connectivity index (χ1n) is 9.91. The molecule has 2 aromatic rings. The molecule has 2 fully saturated rings. The summed E-state index contributed by atoms with van der Waals surface area (Å²) in [7, 11) is 0. The summed E-state index contributed by atoms with van der Waals surface area (Å²) in [6.07, 6.45) is 10.7. The average Bonchev–Trinajstić information content (AvgIpc) is 3.29. The molecule has 148 valence electrons. The van der Waals surface area contributed by atoms with Gasteiger partial charge in [0.2, 0.25) is 5.95 Å². The van der Waals surface area contributed by atoms with E-state index in [-0.39, 0.29) is 11.8 Å². The molecule has 4 rings (SSSR count). The van der Waals surface area contributed by atoms with Crippen LogP contribution in [0.3, 0.4) is 0 Å². The van der Waals surface area contributed by atoms with Crippen LogP contribution in [0.4, 0.5) is 5.95 Å². The van der Waals surface area contributed by atoms with Crippen molar-refractivity contribution in [2.24, 2.45) is 0 Å². The maximum Gasteiger partial charge on any atom is 0.289 e. The Morgan fingerprint density at radius 1 is 0.964 bits per heavy atom. The van der Waals surface area contributed by atoms with Crippen molar-refractivity contribution < 1.29 is 14.0 Å². The van der Waals surface area contributed by atoms with Gasteiger partial charge in [0.15, 0.2) is 5.76 Å². The maximum atomic E-state index is 12.7. The molecule has 1 aliphatic heterocycles.